The standard InChI is InChI=1S/C50H53NS2/c1-32-27-29-37-36-19-8-11-23-42(36)51(35-17-6-3-7-18-35)49(37)47(32)38-20-14-26-46-48(38)50(39-21-9-12-24-43(39)52-44-25-13-10-22-40(44)50)41-31-34(28-30-45(41)53-46)33-15-4-2-5-16-33/h8-9,11,14,17,19-23,25-33,36-37,42,47,49H,2-7,10,12-13,15-16,18,24H2,1H3. The van der Waals surface area contributed by atoms with Gasteiger partial charge >= 0.3 is 0 Å². The fraction of sp³-hybridized carbons (Fsp3) is 0.440. The summed E-state index contributed by atoms with van der Waals surface area (Å²) in [4.78, 5) is 9.09. The number of thioether (sulfide) groups is 1. The fourth-order valence-electron chi connectivity index (χ4n) is 12.3. The van der Waals surface area contributed by atoms with Crippen molar-refractivity contribution in [3.05, 3.63) is 152 Å². The summed E-state index contributed by atoms with van der Waals surface area (Å²) in [7, 11) is 0. The Kier molecular flexibility index (Phi) is 8.31. The maximum Gasteiger partial charge on any atom is 0.0741 e. The van der Waals surface area contributed by atoms with Crippen LogP contribution in [0.1, 0.15) is 124 Å². The molecule has 53 heavy (non-hydrogen) atoms. The van der Waals surface area contributed by atoms with Crippen LogP contribution in [-0.4, -0.2) is 17.0 Å². The summed E-state index contributed by atoms with van der Waals surface area (Å²) in [6.45, 7) is 2.54. The van der Waals surface area contributed by atoms with Crippen LogP contribution in [0.4, 0.5) is 0 Å². The normalized spacial score (nSPS) is 34.1. The minimum Gasteiger partial charge on any atom is -0.364 e. The molecule has 1 nitrogen and oxygen atoms in total. The zero-order valence-corrected chi connectivity index (χ0v) is 32.9. The lowest BCUT2D eigenvalue weighted by Gasteiger charge is -2.52. The van der Waals surface area contributed by atoms with E-state index in [9.17, 15) is 0 Å². The Morgan fingerprint density at radius 1 is 0.755 bits per heavy atom. The van der Waals surface area contributed by atoms with Gasteiger partial charge < -0.3 is 4.90 Å². The van der Waals surface area contributed by atoms with Crippen molar-refractivity contribution in [2.75, 3.05) is 0 Å². The van der Waals surface area contributed by atoms with Crippen LogP contribution in [0.5, 0.6) is 0 Å². The molecule has 2 aromatic rings. The first-order valence-electron chi connectivity index (χ1n) is 21.2. The Hall–Kier alpha value is -3.14. The van der Waals surface area contributed by atoms with E-state index in [0.29, 0.717) is 41.7 Å². The lowest BCUT2D eigenvalue weighted by molar-refractivity contribution is 0.193. The largest absolute Gasteiger partial charge is 0.364 e. The van der Waals surface area contributed by atoms with Gasteiger partial charge in [0.2, 0.25) is 0 Å². The molecule has 270 valence electrons. The second-order valence-corrected chi connectivity index (χ2v) is 19.6. The number of nitrogens with zero attached hydrogens (tertiary/aromatic N) is 1. The summed E-state index contributed by atoms with van der Waals surface area (Å²) in [6, 6.07) is 16.2. The zero-order chi connectivity index (χ0) is 35.1. The molecule has 7 atom stereocenters. The molecule has 0 N–H and O–H groups in total. The molecule has 7 unspecified atom stereocenters. The SMILES string of the molecule is CC1C=CC2C3C=CC=CC3N(C3=CCCCC3)C2C1c1cccc2c1C1(C3=CCCC=C3SC3=C1C=CCC3)c1cc(C3CCCCC3)ccc1S2. The molecule has 1 saturated heterocycles. The zero-order valence-electron chi connectivity index (χ0n) is 31.3. The van der Waals surface area contributed by atoms with Crippen LogP contribution in [0.15, 0.2) is 140 Å². The minimum absolute atomic E-state index is 0.294. The van der Waals surface area contributed by atoms with E-state index in [1.165, 1.54) is 72.5 Å². The van der Waals surface area contributed by atoms with Gasteiger partial charge in [-0.05, 0) is 126 Å². The molecule has 6 aliphatic carbocycles. The molecular formula is C50H53NS2. The third-order valence-electron chi connectivity index (χ3n) is 14.6. The number of benzene rings is 2. The van der Waals surface area contributed by atoms with Crippen molar-refractivity contribution in [1.82, 2.24) is 4.90 Å². The summed E-state index contributed by atoms with van der Waals surface area (Å²) in [5, 5.41) is 0. The fourth-order valence-corrected chi connectivity index (χ4v) is 14.9. The van der Waals surface area contributed by atoms with Gasteiger partial charge in [-0.15, -0.1) is 0 Å². The van der Waals surface area contributed by atoms with E-state index in [1.807, 2.05) is 0 Å². The third kappa shape index (κ3) is 5.04. The molecular weight excluding hydrogens is 679 g/mol. The van der Waals surface area contributed by atoms with E-state index in [0.717, 1.165) is 25.7 Å². The predicted molar refractivity (Wildman–Crippen MR) is 224 cm³/mol. The summed E-state index contributed by atoms with van der Waals surface area (Å²) < 4.78 is 0. The van der Waals surface area contributed by atoms with Crippen LogP contribution >= 0.6 is 23.5 Å². The van der Waals surface area contributed by atoms with E-state index in [2.05, 4.69) is 139 Å². The lowest BCUT2D eigenvalue weighted by Crippen LogP contribution is -2.46. The predicted octanol–water partition coefficient (Wildman–Crippen LogP) is 13.6. The molecule has 0 amide bonds. The second-order valence-electron chi connectivity index (χ2n) is 17.3. The van der Waals surface area contributed by atoms with Gasteiger partial charge in [-0.2, -0.15) is 0 Å². The maximum atomic E-state index is 2.98. The van der Waals surface area contributed by atoms with E-state index in [4.69, 9.17) is 0 Å². The van der Waals surface area contributed by atoms with Gasteiger partial charge in [0.1, 0.15) is 0 Å². The van der Waals surface area contributed by atoms with Gasteiger partial charge in [0.25, 0.3) is 0 Å². The first kappa shape index (κ1) is 33.2. The molecule has 3 aliphatic heterocycles. The summed E-state index contributed by atoms with van der Waals surface area (Å²) in [6.07, 6.45) is 44.6. The van der Waals surface area contributed by atoms with Crippen LogP contribution in [-0.2, 0) is 5.41 Å². The van der Waals surface area contributed by atoms with Gasteiger partial charge in [0.05, 0.1) is 11.5 Å². The molecule has 1 spiro atoms. The first-order chi connectivity index (χ1) is 26.2. The summed E-state index contributed by atoms with van der Waals surface area (Å²) >= 11 is 4.18. The van der Waals surface area contributed by atoms with Crippen molar-refractivity contribution in [1.29, 1.82) is 0 Å². The third-order valence-corrected chi connectivity index (χ3v) is 17.0. The molecule has 3 heterocycles. The van der Waals surface area contributed by atoms with Crippen molar-refractivity contribution in [3.8, 4) is 0 Å². The number of hydrogen-bond acceptors (Lipinski definition) is 3. The highest BCUT2D eigenvalue weighted by molar-refractivity contribution is 8.07. The Morgan fingerprint density at radius 3 is 2.57 bits per heavy atom. The topological polar surface area (TPSA) is 3.24 Å². The molecule has 1 saturated carbocycles. The number of allylic oxidation sites excluding steroid dienone is 12. The average Bonchev–Trinajstić information content (AvgIpc) is 3.55. The van der Waals surface area contributed by atoms with Gasteiger partial charge in [0.15, 0.2) is 0 Å². The summed E-state index contributed by atoms with van der Waals surface area (Å²) in [5.41, 5.74) is 10.9. The Morgan fingerprint density at radius 2 is 1.66 bits per heavy atom. The molecule has 0 aromatic heterocycles. The van der Waals surface area contributed by atoms with Crippen LogP contribution in [0.3, 0.4) is 0 Å². The highest BCUT2D eigenvalue weighted by atomic mass is 32.2. The highest BCUT2D eigenvalue weighted by Gasteiger charge is 2.57. The Balaban J connectivity index is 1.18. The van der Waals surface area contributed by atoms with Crippen LogP contribution < -0.4 is 0 Å². The monoisotopic (exact) mass is 731 g/mol. The Labute approximate surface area is 326 Å². The Bertz CT molecular complexity index is 2100. The van der Waals surface area contributed by atoms with Crippen molar-refractivity contribution >= 4 is 23.5 Å². The molecule has 2 fully saturated rings. The molecule has 11 rings (SSSR count). The number of hydrogen-bond donors (Lipinski definition) is 0. The van der Waals surface area contributed by atoms with Crippen LogP contribution in [0.25, 0.3) is 0 Å². The van der Waals surface area contributed by atoms with E-state index in [1.54, 1.807) is 44.0 Å². The highest BCUT2D eigenvalue weighted by Crippen LogP contribution is 2.67. The van der Waals surface area contributed by atoms with Crippen LogP contribution in [0.2, 0.25) is 0 Å². The average molecular weight is 732 g/mol. The van der Waals surface area contributed by atoms with Gasteiger partial charge in [-0.25, -0.2) is 0 Å². The molecule has 9 aliphatic rings. The molecule has 3 heteroatoms. The molecule has 0 bridgehead atoms. The summed E-state index contributed by atoms with van der Waals surface area (Å²) in [5.74, 6) is 2.56. The second kappa shape index (κ2) is 13.3. The minimum atomic E-state index is -0.294. The molecule has 0 radical (unpaired) electrons. The van der Waals surface area contributed by atoms with Crippen molar-refractivity contribution in [2.45, 2.75) is 130 Å². The maximum absolute atomic E-state index is 2.98. The van der Waals surface area contributed by atoms with Crippen molar-refractivity contribution in [3.63, 3.8) is 0 Å². The number of likely N-dealkylation sites (tertiary alicyclic amines) is 1. The number of fused-ring (bicyclic) bond motifs is 10. The number of rotatable bonds is 3. The van der Waals surface area contributed by atoms with E-state index >= 15 is 0 Å². The van der Waals surface area contributed by atoms with Gasteiger partial charge in [0, 0.05) is 44.2 Å². The molecule has 2 aromatic carbocycles. The van der Waals surface area contributed by atoms with Crippen LogP contribution in [0, 0.1) is 17.8 Å². The quantitative estimate of drug-likeness (QED) is 0.289. The first-order valence-corrected chi connectivity index (χ1v) is 22.8. The van der Waals surface area contributed by atoms with E-state index < -0.39 is 0 Å². The van der Waals surface area contributed by atoms with E-state index in [-0.39, 0.29) is 5.41 Å². The van der Waals surface area contributed by atoms with Gasteiger partial charge in [-0.1, -0.05) is 141 Å². The smallest absolute Gasteiger partial charge is 0.0741 e. The van der Waals surface area contributed by atoms with Crippen molar-refractivity contribution < 1.29 is 0 Å². The lowest BCUT2D eigenvalue weighted by atomic mass is 9.58. The van der Waals surface area contributed by atoms with Gasteiger partial charge in [-0.3, -0.25) is 0 Å². The van der Waals surface area contributed by atoms with Crippen molar-refractivity contribution in [2.24, 2.45) is 17.8 Å².